The molecule has 0 aromatic carbocycles. The number of rotatable bonds is 2. The summed E-state index contributed by atoms with van der Waals surface area (Å²) in [6.07, 6.45) is 6.42. The molecular formula is C16H21N3OS. The molecule has 1 N–H and O–H groups in total. The summed E-state index contributed by atoms with van der Waals surface area (Å²) >= 11 is 1.58. The van der Waals surface area contributed by atoms with Crippen LogP contribution in [0.25, 0.3) is 0 Å². The van der Waals surface area contributed by atoms with E-state index in [-0.39, 0.29) is 5.91 Å². The lowest BCUT2D eigenvalue weighted by Gasteiger charge is -2.28. The molecule has 0 spiro atoms. The zero-order chi connectivity index (χ0) is 15.1. The van der Waals surface area contributed by atoms with E-state index in [4.69, 9.17) is 0 Å². The molecule has 1 aromatic heterocycles. The van der Waals surface area contributed by atoms with Gasteiger partial charge in [0, 0.05) is 4.88 Å². The van der Waals surface area contributed by atoms with E-state index in [1.165, 1.54) is 4.88 Å². The number of nitrogens with zero attached hydrogens (tertiary/aromatic N) is 2. The number of hydrogen-bond acceptors (Lipinski definition) is 4. The molecule has 0 atom stereocenters. The van der Waals surface area contributed by atoms with Gasteiger partial charge in [-0.05, 0) is 37.5 Å². The molecule has 4 nitrogen and oxygen atoms in total. The summed E-state index contributed by atoms with van der Waals surface area (Å²) in [4.78, 5) is 18.3. The van der Waals surface area contributed by atoms with E-state index in [1.807, 2.05) is 0 Å². The molecule has 0 saturated heterocycles. The van der Waals surface area contributed by atoms with Gasteiger partial charge in [-0.1, -0.05) is 26.7 Å². The lowest BCUT2D eigenvalue weighted by atomic mass is 9.79. The summed E-state index contributed by atoms with van der Waals surface area (Å²) in [5.41, 5.74) is 0.623. The Kier molecular flexibility index (Phi) is 3.53. The van der Waals surface area contributed by atoms with Crippen molar-refractivity contribution in [3.63, 3.8) is 0 Å². The third-order valence-corrected chi connectivity index (χ3v) is 5.80. The van der Waals surface area contributed by atoms with E-state index >= 15 is 0 Å². The van der Waals surface area contributed by atoms with Crippen molar-refractivity contribution in [2.45, 2.75) is 58.8 Å². The van der Waals surface area contributed by atoms with Crippen LogP contribution in [0.15, 0.2) is 0 Å². The minimum Gasteiger partial charge on any atom is -0.301 e. The van der Waals surface area contributed by atoms with Crippen molar-refractivity contribution < 1.29 is 4.79 Å². The highest BCUT2D eigenvalue weighted by molar-refractivity contribution is 7.15. The smallest absolute Gasteiger partial charge is 0.246 e. The van der Waals surface area contributed by atoms with Crippen molar-refractivity contribution in [3.8, 4) is 6.07 Å². The fourth-order valence-electron chi connectivity index (χ4n) is 3.34. The Morgan fingerprint density at radius 2 is 2.05 bits per heavy atom. The van der Waals surface area contributed by atoms with Crippen LogP contribution < -0.4 is 5.32 Å². The molecule has 0 unspecified atom stereocenters. The topological polar surface area (TPSA) is 65.8 Å². The van der Waals surface area contributed by atoms with Gasteiger partial charge in [-0.3, -0.25) is 4.79 Å². The fraction of sp³-hybridized carbons (Fsp3) is 0.688. The molecule has 3 rings (SSSR count). The molecule has 1 aromatic rings. The van der Waals surface area contributed by atoms with Crippen LogP contribution >= 0.6 is 11.3 Å². The number of anilines is 1. The van der Waals surface area contributed by atoms with Crippen LogP contribution in [0, 0.1) is 22.2 Å². The van der Waals surface area contributed by atoms with Gasteiger partial charge in [0.05, 0.1) is 11.8 Å². The van der Waals surface area contributed by atoms with E-state index in [0.29, 0.717) is 23.4 Å². The first-order chi connectivity index (χ1) is 9.94. The Morgan fingerprint density at radius 3 is 2.71 bits per heavy atom. The molecule has 21 heavy (non-hydrogen) atoms. The minimum atomic E-state index is -0.828. The average molecular weight is 303 g/mol. The first-order valence-electron chi connectivity index (χ1n) is 7.65. The molecule has 0 radical (unpaired) electrons. The third kappa shape index (κ3) is 2.69. The van der Waals surface area contributed by atoms with Gasteiger partial charge >= 0.3 is 0 Å². The summed E-state index contributed by atoms with van der Waals surface area (Å²) in [5, 5.41) is 12.9. The van der Waals surface area contributed by atoms with Crippen LogP contribution in [-0.4, -0.2) is 10.9 Å². The highest BCUT2D eigenvalue weighted by Crippen LogP contribution is 2.41. The van der Waals surface area contributed by atoms with Crippen LogP contribution in [-0.2, 0) is 17.6 Å². The van der Waals surface area contributed by atoms with E-state index in [1.54, 1.807) is 11.3 Å². The molecule has 1 amide bonds. The fourth-order valence-corrected chi connectivity index (χ4v) is 4.60. The van der Waals surface area contributed by atoms with Gasteiger partial charge in [0.1, 0.15) is 5.41 Å². The Hall–Kier alpha value is -1.41. The molecule has 0 bridgehead atoms. The van der Waals surface area contributed by atoms with Crippen molar-refractivity contribution in [1.29, 1.82) is 5.26 Å². The first-order valence-corrected chi connectivity index (χ1v) is 8.47. The molecule has 2 aliphatic rings. The van der Waals surface area contributed by atoms with Gasteiger partial charge < -0.3 is 5.32 Å². The number of thiazole rings is 1. The second-order valence-electron chi connectivity index (χ2n) is 7.09. The predicted molar refractivity (Wildman–Crippen MR) is 83.1 cm³/mol. The van der Waals surface area contributed by atoms with E-state index in [9.17, 15) is 10.1 Å². The monoisotopic (exact) mass is 303 g/mol. The van der Waals surface area contributed by atoms with E-state index in [0.717, 1.165) is 37.8 Å². The van der Waals surface area contributed by atoms with Gasteiger partial charge in [-0.25, -0.2) is 4.98 Å². The summed E-state index contributed by atoms with van der Waals surface area (Å²) in [5.74, 6) is -0.159. The van der Waals surface area contributed by atoms with Crippen LogP contribution in [0.1, 0.15) is 56.5 Å². The SMILES string of the molecule is CC1(C)CCc2nc(NC(=O)C3(C#N)CCCC3)sc2C1. The van der Waals surface area contributed by atoms with E-state index in [2.05, 4.69) is 30.2 Å². The quantitative estimate of drug-likeness (QED) is 0.906. The maximum Gasteiger partial charge on any atom is 0.246 e. The minimum absolute atomic E-state index is 0.159. The number of aromatic nitrogens is 1. The number of nitriles is 1. The molecule has 1 heterocycles. The average Bonchev–Trinajstić information content (AvgIpc) is 3.04. The number of fused-ring (bicyclic) bond motifs is 1. The van der Waals surface area contributed by atoms with Crippen LogP contribution in [0.5, 0.6) is 0 Å². The zero-order valence-corrected chi connectivity index (χ0v) is 13.5. The van der Waals surface area contributed by atoms with Crippen molar-refractivity contribution in [2.75, 3.05) is 5.32 Å². The van der Waals surface area contributed by atoms with Gasteiger partial charge in [0.2, 0.25) is 5.91 Å². The van der Waals surface area contributed by atoms with Crippen molar-refractivity contribution in [1.82, 2.24) is 4.98 Å². The molecular weight excluding hydrogens is 282 g/mol. The van der Waals surface area contributed by atoms with Gasteiger partial charge in [-0.15, -0.1) is 11.3 Å². The normalized spacial score (nSPS) is 22.3. The maximum atomic E-state index is 12.4. The van der Waals surface area contributed by atoms with Crippen LogP contribution in [0.4, 0.5) is 5.13 Å². The van der Waals surface area contributed by atoms with Crippen molar-refractivity contribution in [2.24, 2.45) is 10.8 Å². The Labute approximate surface area is 129 Å². The number of nitrogens with one attached hydrogen (secondary N) is 1. The molecule has 2 aliphatic carbocycles. The Balaban J connectivity index is 1.76. The summed E-state index contributed by atoms with van der Waals surface area (Å²) < 4.78 is 0. The summed E-state index contributed by atoms with van der Waals surface area (Å²) in [7, 11) is 0. The Morgan fingerprint density at radius 1 is 1.33 bits per heavy atom. The van der Waals surface area contributed by atoms with Crippen LogP contribution in [0.2, 0.25) is 0 Å². The van der Waals surface area contributed by atoms with Gasteiger partial charge in [-0.2, -0.15) is 5.26 Å². The lowest BCUT2D eigenvalue weighted by molar-refractivity contribution is -0.122. The molecule has 5 heteroatoms. The van der Waals surface area contributed by atoms with Crippen molar-refractivity contribution >= 4 is 22.4 Å². The molecule has 1 saturated carbocycles. The molecule has 1 fully saturated rings. The standard InChI is InChI=1S/C16H21N3OS/c1-15(2)8-5-11-12(9-15)21-14(18-11)19-13(20)16(10-17)6-3-4-7-16/h3-9H2,1-2H3,(H,18,19,20). The van der Waals surface area contributed by atoms with Crippen LogP contribution in [0.3, 0.4) is 0 Å². The highest BCUT2D eigenvalue weighted by Gasteiger charge is 2.42. The predicted octanol–water partition coefficient (Wildman–Crippen LogP) is 3.68. The maximum absolute atomic E-state index is 12.4. The number of hydrogen-bond donors (Lipinski definition) is 1. The summed E-state index contributed by atoms with van der Waals surface area (Å²) in [6, 6.07) is 2.24. The molecule has 0 aliphatic heterocycles. The highest BCUT2D eigenvalue weighted by atomic mass is 32.1. The zero-order valence-electron chi connectivity index (χ0n) is 12.7. The van der Waals surface area contributed by atoms with E-state index < -0.39 is 5.41 Å². The largest absolute Gasteiger partial charge is 0.301 e. The second kappa shape index (κ2) is 5.10. The third-order valence-electron chi connectivity index (χ3n) is 4.78. The van der Waals surface area contributed by atoms with Gasteiger partial charge in [0.15, 0.2) is 5.13 Å². The van der Waals surface area contributed by atoms with Crippen molar-refractivity contribution in [3.05, 3.63) is 10.6 Å². The van der Waals surface area contributed by atoms with Gasteiger partial charge in [0.25, 0.3) is 0 Å². The lowest BCUT2D eigenvalue weighted by Crippen LogP contribution is -2.32. The summed E-state index contributed by atoms with van der Waals surface area (Å²) in [6.45, 7) is 4.55. The Bertz CT molecular complexity index is 606. The number of aryl methyl sites for hydroxylation is 1. The number of carbonyl (C=O) groups excluding carboxylic acids is 1. The first kappa shape index (κ1) is 14.5. The second-order valence-corrected chi connectivity index (χ2v) is 8.17. The molecule has 112 valence electrons. The number of amides is 1. The number of carbonyl (C=O) groups is 1.